The van der Waals surface area contributed by atoms with Crippen molar-refractivity contribution in [2.24, 2.45) is 0 Å². The first-order valence-corrected chi connectivity index (χ1v) is 5.77. The van der Waals surface area contributed by atoms with Crippen LogP contribution in [0, 0.1) is 6.92 Å². The Morgan fingerprint density at radius 1 is 1.41 bits per heavy atom. The van der Waals surface area contributed by atoms with Gasteiger partial charge in [-0.15, -0.1) is 12.4 Å². The highest BCUT2D eigenvalue weighted by Crippen LogP contribution is 2.34. The van der Waals surface area contributed by atoms with E-state index in [4.69, 9.17) is 9.26 Å². The summed E-state index contributed by atoms with van der Waals surface area (Å²) < 4.78 is 10.3. The van der Waals surface area contributed by atoms with Crippen LogP contribution in [0.4, 0.5) is 0 Å². The molecule has 0 radical (unpaired) electrons. The molecule has 1 aliphatic rings. The minimum Gasteiger partial charge on any atom is -0.385 e. The third kappa shape index (κ3) is 3.18. The number of aromatic nitrogens is 2. The molecule has 1 saturated heterocycles. The topological polar surface area (TPSA) is 60.2 Å². The van der Waals surface area contributed by atoms with Crippen LogP contribution in [0.5, 0.6) is 0 Å². The lowest BCUT2D eigenvalue weighted by Crippen LogP contribution is -2.41. The van der Waals surface area contributed by atoms with Crippen molar-refractivity contribution in [3.8, 4) is 0 Å². The number of rotatable bonds is 4. The van der Waals surface area contributed by atoms with E-state index in [2.05, 4.69) is 15.5 Å². The molecule has 1 N–H and O–H groups in total. The summed E-state index contributed by atoms with van der Waals surface area (Å²) in [6.07, 6.45) is 3.06. The number of hydrogen-bond acceptors (Lipinski definition) is 5. The van der Waals surface area contributed by atoms with Crippen LogP contribution in [0.2, 0.25) is 0 Å². The molecule has 1 aromatic rings. The molecule has 0 aliphatic carbocycles. The van der Waals surface area contributed by atoms with Gasteiger partial charge in [0.1, 0.15) is 0 Å². The summed E-state index contributed by atoms with van der Waals surface area (Å²) in [7, 11) is 1.73. The number of nitrogens with zero attached hydrogens (tertiary/aromatic N) is 2. The largest absolute Gasteiger partial charge is 0.385 e. The van der Waals surface area contributed by atoms with Gasteiger partial charge in [0.25, 0.3) is 0 Å². The molecule has 98 valence electrons. The summed E-state index contributed by atoms with van der Waals surface area (Å²) in [6.45, 7) is 4.60. The van der Waals surface area contributed by atoms with Gasteiger partial charge in [-0.05, 0) is 32.4 Å². The van der Waals surface area contributed by atoms with Crippen LogP contribution < -0.4 is 5.32 Å². The van der Waals surface area contributed by atoms with Crippen LogP contribution in [-0.2, 0) is 10.2 Å². The molecule has 2 heterocycles. The van der Waals surface area contributed by atoms with Crippen LogP contribution >= 0.6 is 12.4 Å². The van der Waals surface area contributed by atoms with Crippen molar-refractivity contribution in [2.75, 3.05) is 26.8 Å². The van der Waals surface area contributed by atoms with E-state index < -0.39 is 0 Å². The van der Waals surface area contributed by atoms with Gasteiger partial charge in [-0.1, -0.05) is 5.16 Å². The van der Waals surface area contributed by atoms with Crippen LogP contribution in [0.25, 0.3) is 0 Å². The Labute approximate surface area is 108 Å². The molecule has 1 fully saturated rings. The highest BCUT2D eigenvalue weighted by molar-refractivity contribution is 5.85. The zero-order valence-corrected chi connectivity index (χ0v) is 11.2. The van der Waals surface area contributed by atoms with Gasteiger partial charge < -0.3 is 14.6 Å². The van der Waals surface area contributed by atoms with E-state index in [0.29, 0.717) is 5.89 Å². The average molecular weight is 262 g/mol. The fraction of sp³-hybridized carbons (Fsp3) is 0.818. The fourth-order valence-electron chi connectivity index (χ4n) is 2.30. The number of nitrogens with one attached hydrogen (secondary N) is 1. The van der Waals surface area contributed by atoms with Crippen molar-refractivity contribution in [3.63, 3.8) is 0 Å². The molecule has 6 heteroatoms. The summed E-state index contributed by atoms with van der Waals surface area (Å²) in [5, 5.41) is 7.46. The van der Waals surface area contributed by atoms with Crippen LogP contribution in [0.15, 0.2) is 4.52 Å². The predicted octanol–water partition coefficient (Wildman–Crippen LogP) is 1.46. The van der Waals surface area contributed by atoms with E-state index in [-0.39, 0.29) is 17.8 Å². The van der Waals surface area contributed by atoms with Crippen LogP contribution in [0.3, 0.4) is 0 Å². The Morgan fingerprint density at radius 2 is 2.12 bits per heavy atom. The molecule has 0 unspecified atom stereocenters. The number of ether oxygens (including phenoxy) is 1. The number of halogens is 1. The fourth-order valence-corrected chi connectivity index (χ4v) is 2.30. The summed E-state index contributed by atoms with van der Waals surface area (Å²) >= 11 is 0. The molecular formula is C11H20ClN3O2. The van der Waals surface area contributed by atoms with Crippen molar-refractivity contribution < 1.29 is 9.26 Å². The first-order valence-electron chi connectivity index (χ1n) is 5.77. The first kappa shape index (κ1) is 14.4. The number of methoxy groups -OCH3 is 1. The molecular weight excluding hydrogens is 242 g/mol. The van der Waals surface area contributed by atoms with E-state index >= 15 is 0 Å². The Balaban J connectivity index is 0.00000144. The summed E-state index contributed by atoms with van der Waals surface area (Å²) in [6, 6.07) is 0. The minimum absolute atomic E-state index is 0. The lowest BCUT2D eigenvalue weighted by Gasteiger charge is -2.34. The van der Waals surface area contributed by atoms with E-state index in [9.17, 15) is 0 Å². The van der Waals surface area contributed by atoms with Crippen molar-refractivity contribution in [3.05, 3.63) is 11.7 Å². The SMILES string of the molecule is COCCC1(c2noc(C)n2)CCNCC1.Cl. The molecule has 2 rings (SSSR count). The van der Waals surface area contributed by atoms with Gasteiger partial charge in [0.05, 0.1) is 0 Å². The second kappa shape index (κ2) is 6.33. The Morgan fingerprint density at radius 3 is 2.65 bits per heavy atom. The molecule has 0 bridgehead atoms. The zero-order valence-electron chi connectivity index (χ0n) is 10.4. The second-order valence-electron chi connectivity index (χ2n) is 4.41. The molecule has 0 aromatic carbocycles. The summed E-state index contributed by atoms with van der Waals surface area (Å²) in [4.78, 5) is 4.40. The quantitative estimate of drug-likeness (QED) is 0.889. The third-order valence-electron chi connectivity index (χ3n) is 3.35. The second-order valence-corrected chi connectivity index (χ2v) is 4.41. The zero-order chi connectivity index (χ0) is 11.4. The van der Waals surface area contributed by atoms with Gasteiger partial charge in [-0.2, -0.15) is 4.98 Å². The molecule has 0 spiro atoms. The lowest BCUT2D eigenvalue weighted by atomic mass is 9.75. The number of hydrogen-bond donors (Lipinski definition) is 1. The van der Waals surface area contributed by atoms with Crippen molar-refractivity contribution in [1.29, 1.82) is 0 Å². The van der Waals surface area contributed by atoms with Gasteiger partial charge in [0.2, 0.25) is 5.89 Å². The molecule has 0 amide bonds. The van der Waals surface area contributed by atoms with E-state index in [1.807, 2.05) is 6.92 Å². The Bertz CT molecular complexity index is 337. The summed E-state index contributed by atoms with van der Waals surface area (Å²) in [5.74, 6) is 1.49. The standard InChI is InChI=1S/C11H19N3O2.ClH/c1-9-13-10(14-16-9)11(5-8-15-2)3-6-12-7-4-11;/h12H,3-8H2,1-2H3;1H. The lowest BCUT2D eigenvalue weighted by molar-refractivity contribution is 0.146. The van der Waals surface area contributed by atoms with Crippen LogP contribution in [-0.4, -0.2) is 36.9 Å². The minimum atomic E-state index is 0. The number of aryl methyl sites for hydroxylation is 1. The van der Waals surface area contributed by atoms with E-state index in [1.165, 1.54) is 0 Å². The van der Waals surface area contributed by atoms with Crippen molar-refractivity contribution in [2.45, 2.75) is 31.6 Å². The van der Waals surface area contributed by atoms with Gasteiger partial charge in [0, 0.05) is 26.1 Å². The average Bonchev–Trinajstić information content (AvgIpc) is 2.75. The van der Waals surface area contributed by atoms with E-state index in [1.54, 1.807) is 7.11 Å². The van der Waals surface area contributed by atoms with Gasteiger partial charge in [-0.3, -0.25) is 0 Å². The van der Waals surface area contributed by atoms with Gasteiger partial charge in [0.15, 0.2) is 5.82 Å². The molecule has 5 nitrogen and oxygen atoms in total. The smallest absolute Gasteiger partial charge is 0.223 e. The van der Waals surface area contributed by atoms with Gasteiger partial charge >= 0.3 is 0 Å². The van der Waals surface area contributed by atoms with Gasteiger partial charge in [-0.25, -0.2) is 0 Å². The predicted molar refractivity (Wildman–Crippen MR) is 66.6 cm³/mol. The molecule has 1 aliphatic heterocycles. The highest BCUT2D eigenvalue weighted by atomic mass is 35.5. The molecule has 1 aromatic heterocycles. The Hall–Kier alpha value is -0.650. The van der Waals surface area contributed by atoms with E-state index in [0.717, 1.165) is 44.8 Å². The van der Waals surface area contributed by atoms with Crippen LogP contribution in [0.1, 0.15) is 31.0 Å². The number of piperidine rings is 1. The maximum Gasteiger partial charge on any atom is 0.223 e. The first-order chi connectivity index (χ1) is 7.77. The maximum absolute atomic E-state index is 5.19. The monoisotopic (exact) mass is 261 g/mol. The Kier molecular flexibility index (Phi) is 5.36. The third-order valence-corrected chi connectivity index (χ3v) is 3.35. The molecule has 17 heavy (non-hydrogen) atoms. The molecule has 0 saturated carbocycles. The summed E-state index contributed by atoms with van der Waals surface area (Å²) in [5.41, 5.74) is 0.0407. The highest BCUT2D eigenvalue weighted by Gasteiger charge is 2.37. The normalized spacial score (nSPS) is 18.7. The van der Waals surface area contributed by atoms with Crippen molar-refractivity contribution in [1.82, 2.24) is 15.5 Å². The maximum atomic E-state index is 5.19. The molecule has 0 atom stereocenters. The van der Waals surface area contributed by atoms with Crippen molar-refractivity contribution >= 4 is 12.4 Å².